The molecule has 0 saturated carbocycles. The van der Waals surface area contributed by atoms with Crippen LogP contribution in [0.15, 0.2) is 65.4 Å². The van der Waals surface area contributed by atoms with Crippen molar-refractivity contribution in [2.45, 2.75) is 51.7 Å². The van der Waals surface area contributed by atoms with Gasteiger partial charge in [-0.1, -0.05) is 53.5 Å². The topological polar surface area (TPSA) is 105 Å². The number of Topliss-reactive ketones (excluding diaryl/α,β-unsaturated/α-hetero) is 1. The fourth-order valence-electron chi connectivity index (χ4n) is 3.98. The monoisotopic (exact) mass is 546 g/mol. The first-order valence-electron chi connectivity index (χ1n) is 11.7. The molecule has 2 unspecified atom stereocenters. The molecule has 0 spiro atoms. The van der Waals surface area contributed by atoms with Crippen LogP contribution in [0.3, 0.4) is 0 Å². The Bertz CT molecular complexity index is 1240. The molecule has 1 aliphatic rings. The van der Waals surface area contributed by atoms with E-state index in [-0.39, 0.29) is 35.4 Å². The number of nitrogens with zero attached hydrogens (tertiary/aromatic N) is 2. The van der Waals surface area contributed by atoms with E-state index in [1.54, 1.807) is 58.0 Å². The Morgan fingerprint density at radius 1 is 1.11 bits per heavy atom. The number of ketones is 1. The quantitative estimate of drug-likeness (QED) is 0.285. The molecule has 1 heterocycles. The van der Waals surface area contributed by atoms with Gasteiger partial charge in [-0.05, 0) is 51.5 Å². The molecule has 0 saturated heterocycles. The Morgan fingerprint density at radius 3 is 2.38 bits per heavy atom. The van der Waals surface area contributed by atoms with Gasteiger partial charge >= 0.3 is 12.2 Å². The third-order valence-corrected chi connectivity index (χ3v) is 6.19. The van der Waals surface area contributed by atoms with Crippen LogP contribution in [0, 0.1) is 0 Å². The van der Waals surface area contributed by atoms with Gasteiger partial charge in [-0.3, -0.25) is 4.79 Å². The zero-order valence-electron chi connectivity index (χ0n) is 21.1. The van der Waals surface area contributed by atoms with E-state index in [0.717, 1.165) is 0 Å². The van der Waals surface area contributed by atoms with Crippen LogP contribution in [-0.2, 0) is 4.74 Å². The van der Waals surface area contributed by atoms with Crippen molar-refractivity contribution in [2.75, 3.05) is 6.54 Å². The number of rotatable bonds is 8. The van der Waals surface area contributed by atoms with E-state index in [9.17, 15) is 19.5 Å². The number of halogens is 2. The minimum absolute atomic E-state index is 0.127. The molecule has 196 valence electrons. The largest absolute Gasteiger partial charge is 0.524 e. The van der Waals surface area contributed by atoms with Crippen molar-refractivity contribution in [3.8, 4) is 0 Å². The van der Waals surface area contributed by atoms with E-state index in [1.165, 1.54) is 24.7 Å². The second-order valence-corrected chi connectivity index (χ2v) is 10.8. The van der Waals surface area contributed by atoms with E-state index in [1.807, 2.05) is 6.07 Å². The van der Waals surface area contributed by atoms with E-state index in [4.69, 9.17) is 27.9 Å². The van der Waals surface area contributed by atoms with Crippen LogP contribution in [-0.4, -0.2) is 52.1 Å². The number of nitrogens with one attached hydrogen (secondary N) is 1. The average molecular weight is 547 g/mol. The van der Waals surface area contributed by atoms with Crippen LogP contribution in [0.25, 0.3) is 0 Å². The number of hydrogen-bond acceptors (Lipinski definition) is 5. The predicted octanol–water partition coefficient (Wildman–Crippen LogP) is 6.64. The van der Waals surface area contributed by atoms with Gasteiger partial charge in [-0.15, -0.1) is 0 Å². The van der Waals surface area contributed by atoms with Gasteiger partial charge in [0.05, 0.1) is 10.9 Å². The highest BCUT2D eigenvalue weighted by molar-refractivity contribution is 6.37. The highest BCUT2D eigenvalue weighted by Crippen LogP contribution is 2.32. The highest BCUT2D eigenvalue weighted by atomic mass is 35.5. The Kier molecular flexibility index (Phi) is 8.79. The lowest BCUT2D eigenvalue weighted by Crippen LogP contribution is -2.48. The Labute approximate surface area is 226 Å². The number of aliphatic imine (C=N–C) groups is 1. The molecule has 0 fully saturated rings. The summed E-state index contributed by atoms with van der Waals surface area (Å²) in [6, 6.07) is 13.2. The van der Waals surface area contributed by atoms with Crippen LogP contribution in [0.5, 0.6) is 0 Å². The van der Waals surface area contributed by atoms with Crippen molar-refractivity contribution >= 4 is 47.5 Å². The van der Waals surface area contributed by atoms with E-state index in [2.05, 4.69) is 10.3 Å². The summed E-state index contributed by atoms with van der Waals surface area (Å²) < 4.78 is 4.59. The van der Waals surface area contributed by atoms with Gasteiger partial charge in [-0.2, -0.15) is 9.28 Å². The van der Waals surface area contributed by atoms with Gasteiger partial charge < -0.3 is 15.2 Å². The summed E-state index contributed by atoms with van der Waals surface area (Å²) in [7, 11) is 0. The molecule has 0 bridgehead atoms. The Morgan fingerprint density at radius 2 is 1.78 bits per heavy atom. The number of alkyl carbamates (subject to hydrolysis) is 1. The molecule has 10 heteroatoms. The van der Waals surface area contributed by atoms with Crippen molar-refractivity contribution in [2.24, 2.45) is 4.99 Å². The van der Waals surface area contributed by atoms with Crippen molar-refractivity contribution in [1.29, 1.82) is 0 Å². The predicted molar refractivity (Wildman–Crippen MR) is 143 cm³/mol. The highest BCUT2D eigenvalue weighted by Gasteiger charge is 2.43. The minimum Gasteiger partial charge on any atom is -0.444 e. The second-order valence-electron chi connectivity index (χ2n) is 9.96. The summed E-state index contributed by atoms with van der Waals surface area (Å²) in [4.78, 5) is 42.6. The normalized spacial score (nSPS) is 18.6. The first-order chi connectivity index (χ1) is 17.3. The molecule has 37 heavy (non-hydrogen) atoms. The molecule has 2 aromatic carbocycles. The zero-order valence-corrected chi connectivity index (χ0v) is 22.6. The molecule has 3 rings (SSSR count). The van der Waals surface area contributed by atoms with Crippen LogP contribution in [0.4, 0.5) is 9.59 Å². The third-order valence-electron chi connectivity index (χ3n) is 5.64. The molecule has 8 nitrogen and oxygen atoms in total. The summed E-state index contributed by atoms with van der Waals surface area (Å²) in [6.45, 7) is 6.94. The smallest absolute Gasteiger partial charge is 0.444 e. The number of quaternary nitrogens is 1. The van der Waals surface area contributed by atoms with Crippen molar-refractivity contribution in [3.63, 3.8) is 0 Å². The summed E-state index contributed by atoms with van der Waals surface area (Å²) in [5, 5.41) is 13.5. The number of carboxylic acid groups (broad SMARTS) is 1. The molecule has 2 N–H and O–H groups in total. The average Bonchev–Trinajstić information content (AvgIpc) is 3.20. The summed E-state index contributed by atoms with van der Waals surface area (Å²) in [6.07, 6.45) is 1.29. The molecule has 2 amide bonds. The van der Waals surface area contributed by atoms with E-state index in [0.29, 0.717) is 16.3 Å². The molecule has 3 atom stereocenters. The third kappa shape index (κ3) is 7.41. The number of hydrogen-bond donors (Lipinski definition) is 2. The van der Waals surface area contributed by atoms with Crippen LogP contribution in [0.1, 0.15) is 56.0 Å². The van der Waals surface area contributed by atoms with Crippen molar-refractivity contribution < 1.29 is 28.7 Å². The molecule has 2 aromatic rings. The minimum atomic E-state index is -1.19. The number of amides is 2. The van der Waals surface area contributed by atoms with Crippen LogP contribution in [0.2, 0.25) is 10.0 Å². The molecule has 1 aliphatic heterocycles. The Hall–Kier alpha value is -3.20. The first kappa shape index (κ1) is 28.4. The van der Waals surface area contributed by atoms with Crippen molar-refractivity contribution in [1.82, 2.24) is 5.32 Å². The molecular weight excluding hydrogens is 517 g/mol. The maximum atomic E-state index is 13.7. The maximum absolute atomic E-state index is 13.7. The van der Waals surface area contributed by atoms with Gasteiger partial charge in [0, 0.05) is 23.0 Å². The Balaban J connectivity index is 1.87. The standard InChI is InChI=1S/C27H29Cl2N3O5/c1-17(31-25(34)37-27(2,3)4)12-20-14-32(16-30-20,26(35)36)15-22(18-8-6-5-7-9-18)24(33)21-11-10-19(28)13-23(21)29/h5-11,13-14,16-17,22H,12,15H2,1-4H3,(H-,31,34,35,36)/p+1/t17-,22?,32?/m1/s1. The molecule has 0 aromatic heterocycles. The number of benzene rings is 2. The zero-order chi connectivity index (χ0) is 27.4. The van der Waals surface area contributed by atoms with Gasteiger partial charge in [0.2, 0.25) is 6.34 Å². The number of ether oxygens (including phenoxy) is 1. The van der Waals surface area contributed by atoms with Crippen molar-refractivity contribution in [3.05, 3.63) is 81.6 Å². The maximum Gasteiger partial charge on any atom is 0.524 e. The molecule has 0 aliphatic carbocycles. The summed E-state index contributed by atoms with van der Waals surface area (Å²) >= 11 is 12.3. The SMILES string of the molecule is C[C@H](CC1=C[N+](CC(C(=O)c2ccc(Cl)cc2Cl)c2ccccc2)(C(=O)O)C=N1)NC(=O)OC(C)(C)C. The lowest BCUT2D eigenvalue weighted by atomic mass is 9.89. The van der Waals surface area contributed by atoms with Gasteiger partial charge in [0.15, 0.2) is 5.78 Å². The van der Waals surface area contributed by atoms with Crippen LogP contribution >= 0.6 is 23.2 Å². The lowest BCUT2D eigenvalue weighted by Gasteiger charge is -2.26. The molecular formula is C27H30Cl2N3O5+. The van der Waals surface area contributed by atoms with Gasteiger partial charge in [-0.25, -0.2) is 9.79 Å². The second kappa shape index (κ2) is 11.5. The number of carbonyl (C=O) groups excluding carboxylic acids is 2. The van der Waals surface area contributed by atoms with Crippen LogP contribution < -0.4 is 5.32 Å². The van der Waals surface area contributed by atoms with E-state index >= 15 is 0 Å². The fraction of sp³-hybridized carbons (Fsp3) is 0.333. The van der Waals surface area contributed by atoms with Gasteiger partial charge in [0.1, 0.15) is 24.0 Å². The van der Waals surface area contributed by atoms with E-state index < -0.39 is 28.2 Å². The first-order valence-corrected chi connectivity index (χ1v) is 12.5. The van der Waals surface area contributed by atoms with Gasteiger partial charge in [0.25, 0.3) is 0 Å². The summed E-state index contributed by atoms with van der Waals surface area (Å²) in [5.41, 5.74) is 0.719. The molecule has 0 radical (unpaired) electrons. The number of carbonyl (C=O) groups is 3. The summed E-state index contributed by atoms with van der Waals surface area (Å²) in [5.74, 6) is -1.17. The lowest BCUT2D eigenvalue weighted by molar-refractivity contribution is -0.701. The fourth-order valence-corrected chi connectivity index (χ4v) is 4.48.